The van der Waals surface area contributed by atoms with Gasteiger partial charge in [-0.25, -0.2) is 4.39 Å². The van der Waals surface area contributed by atoms with Gasteiger partial charge in [-0.2, -0.15) is 0 Å². The molecule has 1 amide bonds. The van der Waals surface area contributed by atoms with Crippen molar-refractivity contribution in [3.63, 3.8) is 0 Å². The number of anilines is 1. The van der Waals surface area contributed by atoms with Gasteiger partial charge in [0.25, 0.3) is 0 Å². The van der Waals surface area contributed by atoms with Crippen LogP contribution in [0.25, 0.3) is 0 Å². The zero-order valence-electron chi connectivity index (χ0n) is 18.0. The molecule has 0 bridgehead atoms. The minimum absolute atomic E-state index is 0.131. The number of nitrogens with zero attached hydrogens (tertiary/aromatic N) is 3. The van der Waals surface area contributed by atoms with Crippen LogP contribution in [-0.4, -0.2) is 55.5 Å². The summed E-state index contributed by atoms with van der Waals surface area (Å²) in [7, 11) is 1.98. The first-order valence-electron chi connectivity index (χ1n) is 10.3. The first kappa shape index (κ1) is 21.3. The second kappa shape index (κ2) is 8.95. The second-order valence-electron chi connectivity index (χ2n) is 8.94. The molecular formula is C24H32FN3O. The second-order valence-corrected chi connectivity index (χ2v) is 8.94. The fourth-order valence-electron chi connectivity index (χ4n) is 3.71. The van der Waals surface area contributed by atoms with Crippen LogP contribution in [-0.2, 0) is 16.8 Å². The van der Waals surface area contributed by atoms with E-state index in [1.165, 1.54) is 17.2 Å². The van der Waals surface area contributed by atoms with Gasteiger partial charge in [-0.3, -0.25) is 9.69 Å². The Morgan fingerprint density at radius 3 is 2.21 bits per heavy atom. The lowest BCUT2D eigenvalue weighted by Crippen LogP contribution is -2.51. The molecule has 0 atom stereocenters. The summed E-state index contributed by atoms with van der Waals surface area (Å²) in [6.07, 6.45) is 0. The molecule has 0 unspecified atom stereocenters. The maximum atomic E-state index is 14.0. The largest absolute Gasteiger partial charge is 0.366 e. The van der Waals surface area contributed by atoms with Gasteiger partial charge in [-0.15, -0.1) is 0 Å². The Morgan fingerprint density at radius 1 is 1.00 bits per heavy atom. The van der Waals surface area contributed by atoms with Crippen LogP contribution in [0, 0.1) is 5.82 Å². The van der Waals surface area contributed by atoms with Gasteiger partial charge in [0.2, 0.25) is 5.91 Å². The molecule has 156 valence electrons. The van der Waals surface area contributed by atoms with Crippen LogP contribution < -0.4 is 4.90 Å². The fraction of sp³-hybridized carbons (Fsp3) is 0.458. The number of amides is 1. The summed E-state index contributed by atoms with van der Waals surface area (Å²) in [4.78, 5) is 18.6. The molecule has 1 aliphatic heterocycles. The average Bonchev–Trinajstić information content (AvgIpc) is 2.68. The van der Waals surface area contributed by atoms with E-state index in [4.69, 9.17) is 0 Å². The Morgan fingerprint density at radius 2 is 1.62 bits per heavy atom. The zero-order chi connectivity index (χ0) is 21.0. The van der Waals surface area contributed by atoms with E-state index in [0.29, 0.717) is 38.4 Å². The number of piperazine rings is 1. The van der Waals surface area contributed by atoms with Crippen molar-refractivity contribution in [1.82, 2.24) is 9.80 Å². The predicted octanol–water partition coefficient (Wildman–Crippen LogP) is 3.90. The molecule has 0 saturated carbocycles. The molecule has 1 saturated heterocycles. The minimum Gasteiger partial charge on any atom is -0.366 e. The lowest BCUT2D eigenvalue weighted by atomic mass is 9.87. The normalized spacial score (nSPS) is 15.1. The van der Waals surface area contributed by atoms with Gasteiger partial charge in [0.15, 0.2) is 0 Å². The van der Waals surface area contributed by atoms with Crippen LogP contribution in [0.5, 0.6) is 0 Å². The number of likely N-dealkylation sites (N-methyl/N-ethyl adjacent to an activating group) is 1. The van der Waals surface area contributed by atoms with Crippen LogP contribution in [0.4, 0.5) is 10.1 Å². The number of rotatable bonds is 5. The summed E-state index contributed by atoms with van der Waals surface area (Å²) in [6, 6.07) is 15.5. The molecule has 3 rings (SSSR count). The molecule has 1 heterocycles. The molecule has 0 radical (unpaired) electrons. The third kappa shape index (κ3) is 5.57. The Balaban J connectivity index is 1.48. The molecule has 0 aromatic heterocycles. The molecule has 0 N–H and O–H groups in total. The number of hydrogen-bond acceptors (Lipinski definition) is 3. The number of carbonyl (C=O) groups is 1. The third-order valence-corrected chi connectivity index (χ3v) is 5.50. The van der Waals surface area contributed by atoms with Crippen LogP contribution >= 0.6 is 0 Å². The van der Waals surface area contributed by atoms with Gasteiger partial charge in [0.1, 0.15) is 5.82 Å². The Bertz CT molecular complexity index is 821. The molecule has 2 aromatic carbocycles. The number of halogens is 1. The quantitative estimate of drug-likeness (QED) is 0.766. The summed E-state index contributed by atoms with van der Waals surface area (Å²) in [5.41, 5.74) is 3.28. The third-order valence-electron chi connectivity index (χ3n) is 5.50. The molecule has 1 aliphatic rings. The van der Waals surface area contributed by atoms with Crippen molar-refractivity contribution in [2.24, 2.45) is 0 Å². The van der Waals surface area contributed by atoms with Crippen LogP contribution in [0.1, 0.15) is 31.9 Å². The molecule has 0 aliphatic carbocycles. The van der Waals surface area contributed by atoms with E-state index in [0.717, 1.165) is 6.54 Å². The first-order chi connectivity index (χ1) is 13.7. The lowest BCUT2D eigenvalue weighted by molar-refractivity contribution is -0.132. The molecule has 1 fully saturated rings. The molecule has 29 heavy (non-hydrogen) atoms. The number of benzene rings is 2. The molecule has 2 aromatic rings. The van der Waals surface area contributed by atoms with E-state index in [-0.39, 0.29) is 17.1 Å². The first-order valence-corrected chi connectivity index (χ1v) is 10.3. The Labute approximate surface area is 173 Å². The average molecular weight is 398 g/mol. The summed E-state index contributed by atoms with van der Waals surface area (Å²) < 4.78 is 14.0. The highest BCUT2D eigenvalue weighted by Crippen LogP contribution is 2.23. The SMILES string of the molecule is CN(CC(=O)N1CCN(c2ccccc2F)CC1)Cc1ccc(C(C)(C)C)cc1. The summed E-state index contributed by atoms with van der Waals surface area (Å²) in [5.74, 6) is -0.0727. The summed E-state index contributed by atoms with van der Waals surface area (Å²) >= 11 is 0. The fourth-order valence-corrected chi connectivity index (χ4v) is 3.71. The van der Waals surface area contributed by atoms with Gasteiger partial charge >= 0.3 is 0 Å². The summed E-state index contributed by atoms with van der Waals surface area (Å²) in [6.45, 7) is 10.3. The monoisotopic (exact) mass is 397 g/mol. The van der Waals surface area contributed by atoms with Gasteiger partial charge in [-0.1, -0.05) is 57.2 Å². The van der Waals surface area contributed by atoms with Gasteiger partial charge in [-0.05, 0) is 35.7 Å². The standard InChI is InChI=1S/C24H32FN3O/c1-24(2,3)20-11-9-19(10-12-20)17-26(4)18-23(29)28-15-13-27(14-16-28)22-8-6-5-7-21(22)25/h5-12H,13-18H2,1-4H3. The molecule has 4 nitrogen and oxygen atoms in total. The molecular weight excluding hydrogens is 365 g/mol. The maximum Gasteiger partial charge on any atom is 0.236 e. The van der Waals surface area contributed by atoms with Crippen molar-refractivity contribution in [2.45, 2.75) is 32.7 Å². The molecule has 0 spiro atoms. The van der Waals surface area contributed by atoms with Crippen molar-refractivity contribution in [3.8, 4) is 0 Å². The van der Waals surface area contributed by atoms with Crippen molar-refractivity contribution >= 4 is 11.6 Å². The lowest BCUT2D eigenvalue weighted by Gasteiger charge is -2.36. The Hall–Kier alpha value is -2.40. The maximum absolute atomic E-state index is 14.0. The molecule has 5 heteroatoms. The smallest absolute Gasteiger partial charge is 0.236 e. The highest BCUT2D eigenvalue weighted by Gasteiger charge is 2.23. The van der Waals surface area contributed by atoms with E-state index in [2.05, 4.69) is 49.9 Å². The van der Waals surface area contributed by atoms with Crippen LogP contribution in [0.2, 0.25) is 0 Å². The van der Waals surface area contributed by atoms with Gasteiger partial charge in [0.05, 0.1) is 12.2 Å². The van der Waals surface area contributed by atoms with E-state index >= 15 is 0 Å². The van der Waals surface area contributed by atoms with E-state index in [1.807, 2.05) is 22.9 Å². The number of hydrogen-bond donors (Lipinski definition) is 0. The van der Waals surface area contributed by atoms with Crippen LogP contribution in [0.3, 0.4) is 0 Å². The van der Waals surface area contributed by atoms with E-state index in [1.54, 1.807) is 12.1 Å². The number of carbonyl (C=O) groups excluding carboxylic acids is 1. The van der Waals surface area contributed by atoms with Gasteiger partial charge in [0, 0.05) is 32.7 Å². The van der Waals surface area contributed by atoms with E-state index < -0.39 is 0 Å². The zero-order valence-corrected chi connectivity index (χ0v) is 18.0. The van der Waals surface area contributed by atoms with Crippen molar-refractivity contribution in [1.29, 1.82) is 0 Å². The topological polar surface area (TPSA) is 26.8 Å². The predicted molar refractivity (Wildman–Crippen MR) is 117 cm³/mol. The van der Waals surface area contributed by atoms with Gasteiger partial charge < -0.3 is 9.80 Å². The Kier molecular flexibility index (Phi) is 6.58. The number of para-hydroxylation sites is 1. The van der Waals surface area contributed by atoms with Crippen molar-refractivity contribution < 1.29 is 9.18 Å². The van der Waals surface area contributed by atoms with Crippen LogP contribution in [0.15, 0.2) is 48.5 Å². The van der Waals surface area contributed by atoms with E-state index in [9.17, 15) is 9.18 Å². The van der Waals surface area contributed by atoms with Crippen molar-refractivity contribution in [2.75, 3.05) is 44.7 Å². The minimum atomic E-state index is -0.204. The van der Waals surface area contributed by atoms with Crippen molar-refractivity contribution in [3.05, 3.63) is 65.5 Å². The summed E-state index contributed by atoms with van der Waals surface area (Å²) in [5, 5.41) is 0. The highest BCUT2D eigenvalue weighted by atomic mass is 19.1. The highest BCUT2D eigenvalue weighted by molar-refractivity contribution is 5.78.